The lowest BCUT2D eigenvalue weighted by molar-refractivity contribution is -0.384. The predicted octanol–water partition coefficient (Wildman–Crippen LogP) is 2.50. The van der Waals surface area contributed by atoms with Crippen LogP contribution in [0.4, 0.5) is 11.4 Å². The van der Waals surface area contributed by atoms with Crippen molar-refractivity contribution in [2.45, 2.75) is 39.8 Å². The van der Waals surface area contributed by atoms with Crippen LogP contribution in [0.25, 0.3) is 0 Å². The van der Waals surface area contributed by atoms with Gasteiger partial charge >= 0.3 is 0 Å². The molecule has 6 heteroatoms. The number of benzene rings is 1. The molecule has 0 aliphatic heterocycles. The topological polar surface area (TPSA) is 84.4 Å². The van der Waals surface area contributed by atoms with Crippen LogP contribution in [0.5, 0.6) is 0 Å². The molecular weight excluding hydrogens is 244 g/mol. The Kier molecular flexibility index (Phi) is 5.72. The molecule has 6 nitrogen and oxygen atoms in total. The van der Waals surface area contributed by atoms with E-state index < -0.39 is 4.92 Å². The van der Waals surface area contributed by atoms with E-state index in [2.05, 4.69) is 31.1 Å². The number of para-hydroxylation sites is 1. The summed E-state index contributed by atoms with van der Waals surface area (Å²) >= 11 is 0. The average Bonchev–Trinajstić information content (AvgIpc) is 2.37. The molecule has 106 valence electrons. The van der Waals surface area contributed by atoms with Gasteiger partial charge in [0.05, 0.1) is 4.92 Å². The summed E-state index contributed by atoms with van der Waals surface area (Å²) in [6, 6.07) is 5.40. The van der Waals surface area contributed by atoms with E-state index in [0.717, 1.165) is 18.5 Å². The van der Waals surface area contributed by atoms with Crippen LogP contribution in [0.1, 0.15) is 32.8 Å². The maximum absolute atomic E-state index is 11.0. The van der Waals surface area contributed by atoms with Crippen molar-refractivity contribution in [2.24, 2.45) is 5.84 Å². The molecule has 0 unspecified atom stereocenters. The third-order valence-corrected chi connectivity index (χ3v) is 3.08. The van der Waals surface area contributed by atoms with Crippen molar-refractivity contribution in [3.8, 4) is 0 Å². The number of hydrogen-bond donors (Lipinski definition) is 2. The van der Waals surface area contributed by atoms with Gasteiger partial charge in [-0.2, -0.15) is 0 Å². The number of nitro benzene ring substituents is 1. The molecule has 0 aliphatic rings. The van der Waals surface area contributed by atoms with Gasteiger partial charge in [-0.15, -0.1) is 0 Å². The van der Waals surface area contributed by atoms with Crippen LogP contribution in [0.2, 0.25) is 0 Å². The summed E-state index contributed by atoms with van der Waals surface area (Å²) in [5.41, 5.74) is 3.72. The third-order valence-electron chi connectivity index (χ3n) is 3.08. The number of nitrogens with one attached hydrogen (secondary N) is 1. The second-order valence-corrected chi connectivity index (χ2v) is 4.78. The molecule has 0 radical (unpaired) electrons. The smallest absolute Gasteiger partial charge is 0.293 e. The van der Waals surface area contributed by atoms with Gasteiger partial charge in [0.15, 0.2) is 0 Å². The Hall–Kier alpha value is -1.66. The fourth-order valence-corrected chi connectivity index (χ4v) is 2.06. The maximum atomic E-state index is 11.0. The molecule has 1 rings (SSSR count). The van der Waals surface area contributed by atoms with E-state index in [1.54, 1.807) is 6.07 Å². The molecule has 0 fully saturated rings. The highest BCUT2D eigenvalue weighted by atomic mass is 16.6. The van der Waals surface area contributed by atoms with Gasteiger partial charge in [0.1, 0.15) is 5.69 Å². The molecule has 0 amide bonds. The van der Waals surface area contributed by atoms with Gasteiger partial charge in [-0.05, 0) is 32.4 Å². The summed E-state index contributed by atoms with van der Waals surface area (Å²) in [4.78, 5) is 12.8. The predicted molar refractivity (Wildman–Crippen MR) is 76.7 cm³/mol. The number of hydrazine groups is 1. The summed E-state index contributed by atoms with van der Waals surface area (Å²) < 4.78 is 0. The van der Waals surface area contributed by atoms with Crippen LogP contribution in [0.15, 0.2) is 18.2 Å². The zero-order valence-electron chi connectivity index (χ0n) is 11.7. The second kappa shape index (κ2) is 7.06. The molecule has 0 spiro atoms. The van der Waals surface area contributed by atoms with Crippen LogP contribution in [0.3, 0.4) is 0 Å². The number of nitrogen functional groups attached to an aromatic ring is 1. The van der Waals surface area contributed by atoms with Gasteiger partial charge in [-0.1, -0.05) is 19.1 Å². The average molecular weight is 266 g/mol. The number of rotatable bonds is 7. The van der Waals surface area contributed by atoms with Gasteiger partial charge in [0.2, 0.25) is 0 Å². The molecule has 19 heavy (non-hydrogen) atoms. The summed E-state index contributed by atoms with van der Waals surface area (Å²) in [7, 11) is 0. The largest absolute Gasteiger partial charge is 0.318 e. The Morgan fingerprint density at radius 3 is 2.63 bits per heavy atom. The van der Waals surface area contributed by atoms with Crippen molar-refractivity contribution < 1.29 is 4.92 Å². The maximum Gasteiger partial charge on any atom is 0.293 e. The molecule has 3 N–H and O–H groups in total. The van der Waals surface area contributed by atoms with Gasteiger partial charge < -0.3 is 5.43 Å². The molecule has 0 bridgehead atoms. The number of anilines is 1. The molecule has 0 aliphatic carbocycles. The molecule has 1 aromatic carbocycles. The quantitative estimate of drug-likeness (QED) is 0.450. The Morgan fingerprint density at radius 1 is 1.47 bits per heavy atom. The lowest BCUT2D eigenvalue weighted by atomic mass is 10.1. The van der Waals surface area contributed by atoms with Crippen LogP contribution in [-0.4, -0.2) is 22.4 Å². The van der Waals surface area contributed by atoms with Gasteiger partial charge in [0, 0.05) is 18.7 Å². The van der Waals surface area contributed by atoms with Gasteiger partial charge in [-0.25, -0.2) is 0 Å². The number of nitrogens with zero attached hydrogens (tertiary/aromatic N) is 2. The van der Waals surface area contributed by atoms with Crippen molar-refractivity contribution in [1.29, 1.82) is 0 Å². The fourth-order valence-electron chi connectivity index (χ4n) is 2.06. The highest BCUT2D eigenvalue weighted by molar-refractivity contribution is 5.65. The second-order valence-electron chi connectivity index (χ2n) is 4.78. The first-order valence-electron chi connectivity index (χ1n) is 6.48. The first-order chi connectivity index (χ1) is 9.01. The van der Waals surface area contributed by atoms with Crippen LogP contribution in [0, 0.1) is 10.1 Å². The van der Waals surface area contributed by atoms with E-state index in [1.165, 1.54) is 6.07 Å². The highest BCUT2D eigenvalue weighted by Crippen LogP contribution is 2.28. The summed E-state index contributed by atoms with van der Waals surface area (Å²) in [5.74, 6) is 5.44. The lowest BCUT2D eigenvalue weighted by Crippen LogP contribution is -2.31. The van der Waals surface area contributed by atoms with Gasteiger partial charge in [0.25, 0.3) is 5.69 Å². The van der Waals surface area contributed by atoms with Crippen LogP contribution >= 0.6 is 0 Å². The number of nitro groups is 1. The van der Waals surface area contributed by atoms with Crippen molar-refractivity contribution >= 4 is 11.4 Å². The van der Waals surface area contributed by atoms with E-state index in [9.17, 15) is 10.1 Å². The molecular formula is C13H22N4O2. The Bertz CT molecular complexity index is 435. The monoisotopic (exact) mass is 266 g/mol. The Labute approximate surface area is 113 Å². The molecule has 1 aromatic rings. The Balaban J connectivity index is 3.05. The Morgan fingerprint density at radius 2 is 2.16 bits per heavy atom. The normalized spacial score (nSPS) is 11.1. The van der Waals surface area contributed by atoms with Crippen molar-refractivity contribution in [1.82, 2.24) is 4.90 Å². The van der Waals surface area contributed by atoms with Crippen LogP contribution in [-0.2, 0) is 6.54 Å². The molecule has 0 saturated carbocycles. The first-order valence-corrected chi connectivity index (χ1v) is 6.48. The lowest BCUT2D eigenvalue weighted by Gasteiger charge is -2.26. The van der Waals surface area contributed by atoms with Gasteiger partial charge in [-0.3, -0.25) is 20.9 Å². The fraction of sp³-hybridized carbons (Fsp3) is 0.538. The molecule has 0 heterocycles. The molecule has 0 saturated heterocycles. The minimum atomic E-state index is -0.418. The van der Waals surface area contributed by atoms with E-state index in [4.69, 9.17) is 5.84 Å². The number of nitrogens with two attached hydrogens (primary N) is 1. The minimum absolute atomic E-state index is 0.0141. The standard InChI is InChI=1S/C13H22N4O2/c1-4-8-16(10(2)3)9-11-6-5-7-12(17(18)19)13(11)15-14/h5-7,10,15H,4,8-9,14H2,1-3H3. The summed E-state index contributed by atoms with van der Waals surface area (Å²) in [6.45, 7) is 7.94. The van der Waals surface area contributed by atoms with E-state index >= 15 is 0 Å². The van der Waals surface area contributed by atoms with Crippen LogP contribution < -0.4 is 11.3 Å². The van der Waals surface area contributed by atoms with E-state index in [-0.39, 0.29) is 5.69 Å². The SMILES string of the molecule is CCCN(Cc1cccc([N+](=O)[O-])c1NN)C(C)C. The summed E-state index contributed by atoms with van der Waals surface area (Å²) in [5, 5.41) is 11.0. The minimum Gasteiger partial charge on any atom is -0.318 e. The van der Waals surface area contributed by atoms with E-state index in [0.29, 0.717) is 18.3 Å². The van der Waals surface area contributed by atoms with Crippen molar-refractivity contribution in [3.63, 3.8) is 0 Å². The first kappa shape index (κ1) is 15.4. The molecule has 0 atom stereocenters. The number of hydrogen-bond acceptors (Lipinski definition) is 5. The zero-order valence-corrected chi connectivity index (χ0v) is 11.7. The highest BCUT2D eigenvalue weighted by Gasteiger charge is 2.18. The van der Waals surface area contributed by atoms with Crippen molar-refractivity contribution in [3.05, 3.63) is 33.9 Å². The summed E-state index contributed by atoms with van der Waals surface area (Å²) in [6.07, 6.45) is 1.04. The van der Waals surface area contributed by atoms with Crippen molar-refractivity contribution in [2.75, 3.05) is 12.0 Å². The third kappa shape index (κ3) is 3.90. The van der Waals surface area contributed by atoms with E-state index in [1.807, 2.05) is 6.07 Å². The molecule has 0 aromatic heterocycles. The zero-order chi connectivity index (χ0) is 14.4.